The SMILES string of the molecule is CCC(Oc1ccc2c(-c3cccs3)noc2c1Cl)C(=O)[O-]. The summed E-state index contributed by atoms with van der Waals surface area (Å²) in [6, 6.07) is 7.23. The maximum atomic E-state index is 11.0. The van der Waals surface area contributed by atoms with Gasteiger partial charge in [0.2, 0.25) is 0 Å². The highest BCUT2D eigenvalue weighted by Gasteiger charge is 2.19. The van der Waals surface area contributed by atoms with E-state index in [1.165, 1.54) is 0 Å². The van der Waals surface area contributed by atoms with E-state index in [2.05, 4.69) is 5.16 Å². The van der Waals surface area contributed by atoms with Crippen molar-refractivity contribution in [1.29, 1.82) is 0 Å². The standard InChI is InChI=1S/C15H12ClNO4S/c1-2-9(15(18)19)20-10-6-5-8-13(11-4-3-7-22-11)17-21-14(8)12(10)16/h3-7,9H,2H2,1H3,(H,18,19)/p-1. The van der Waals surface area contributed by atoms with Gasteiger partial charge in [0.05, 0.1) is 16.2 Å². The maximum absolute atomic E-state index is 11.0. The van der Waals surface area contributed by atoms with Crippen LogP contribution in [0.5, 0.6) is 5.75 Å². The Balaban J connectivity index is 2.02. The largest absolute Gasteiger partial charge is 0.546 e. The van der Waals surface area contributed by atoms with E-state index < -0.39 is 12.1 Å². The molecule has 7 heteroatoms. The number of hydrogen-bond acceptors (Lipinski definition) is 6. The summed E-state index contributed by atoms with van der Waals surface area (Å²) in [5, 5.41) is 17.9. The molecule has 0 fully saturated rings. The van der Waals surface area contributed by atoms with Crippen molar-refractivity contribution in [2.45, 2.75) is 19.4 Å². The summed E-state index contributed by atoms with van der Waals surface area (Å²) < 4.78 is 10.7. The van der Waals surface area contributed by atoms with Gasteiger partial charge in [-0.15, -0.1) is 11.3 Å². The van der Waals surface area contributed by atoms with Crippen molar-refractivity contribution >= 4 is 39.9 Å². The molecule has 0 spiro atoms. The van der Waals surface area contributed by atoms with Gasteiger partial charge in [0.25, 0.3) is 0 Å². The van der Waals surface area contributed by atoms with Gasteiger partial charge in [-0.2, -0.15) is 0 Å². The number of carbonyl (C=O) groups excluding carboxylic acids is 1. The monoisotopic (exact) mass is 336 g/mol. The second-order valence-electron chi connectivity index (χ2n) is 4.60. The molecule has 0 aliphatic carbocycles. The van der Waals surface area contributed by atoms with Crippen molar-refractivity contribution in [3.8, 4) is 16.3 Å². The van der Waals surface area contributed by atoms with E-state index in [0.29, 0.717) is 11.3 Å². The third-order valence-electron chi connectivity index (χ3n) is 3.20. The summed E-state index contributed by atoms with van der Waals surface area (Å²) in [5.41, 5.74) is 1.07. The van der Waals surface area contributed by atoms with E-state index in [1.54, 1.807) is 30.4 Å². The topological polar surface area (TPSA) is 75.4 Å². The molecule has 5 nitrogen and oxygen atoms in total. The van der Waals surface area contributed by atoms with Gasteiger partial charge < -0.3 is 19.2 Å². The van der Waals surface area contributed by atoms with E-state index in [9.17, 15) is 9.90 Å². The Bertz CT molecular complexity index is 812. The van der Waals surface area contributed by atoms with Gasteiger partial charge in [-0.25, -0.2) is 0 Å². The molecule has 1 unspecified atom stereocenters. The lowest BCUT2D eigenvalue weighted by molar-refractivity contribution is -0.313. The van der Waals surface area contributed by atoms with Crippen LogP contribution in [0.3, 0.4) is 0 Å². The zero-order valence-corrected chi connectivity index (χ0v) is 13.1. The van der Waals surface area contributed by atoms with Gasteiger partial charge in [0, 0.05) is 0 Å². The van der Waals surface area contributed by atoms with E-state index in [0.717, 1.165) is 10.3 Å². The highest BCUT2D eigenvalue weighted by Crippen LogP contribution is 2.39. The smallest absolute Gasteiger partial charge is 0.189 e. The molecular formula is C15H11ClNO4S-. The number of rotatable bonds is 5. The van der Waals surface area contributed by atoms with Gasteiger partial charge in [-0.1, -0.05) is 29.7 Å². The number of carbonyl (C=O) groups is 1. The van der Waals surface area contributed by atoms with Crippen molar-refractivity contribution in [3.63, 3.8) is 0 Å². The first-order valence-corrected chi connectivity index (χ1v) is 7.86. The number of aromatic nitrogens is 1. The molecule has 114 valence electrons. The highest BCUT2D eigenvalue weighted by molar-refractivity contribution is 7.13. The van der Waals surface area contributed by atoms with Crippen LogP contribution in [-0.4, -0.2) is 17.2 Å². The first kappa shape index (κ1) is 14.9. The fourth-order valence-corrected chi connectivity index (χ4v) is 3.05. The average molecular weight is 337 g/mol. The van der Waals surface area contributed by atoms with Crippen LogP contribution in [0.1, 0.15) is 13.3 Å². The summed E-state index contributed by atoms with van der Waals surface area (Å²) in [4.78, 5) is 11.9. The average Bonchev–Trinajstić information content (AvgIpc) is 3.15. The predicted molar refractivity (Wildman–Crippen MR) is 82.0 cm³/mol. The fraction of sp³-hybridized carbons (Fsp3) is 0.200. The molecule has 1 atom stereocenters. The van der Waals surface area contributed by atoms with Gasteiger partial charge in [-0.05, 0) is 30.0 Å². The van der Waals surface area contributed by atoms with Crippen LogP contribution in [-0.2, 0) is 4.79 Å². The molecule has 22 heavy (non-hydrogen) atoms. The molecule has 3 rings (SSSR count). The summed E-state index contributed by atoms with van der Waals surface area (Å²) in [6.07, 6.45) is -0.789. The predicted octanol–water partition coefficient (Wildman–Crippen LogP) is 3.12. The van der Waals surface area contributed by atoms with Crippen LogP contribution >= 0.6 is 22.9 Å². The Morgan fingerprint density at radius 1 is 1.50 bits per heavy atom. The van der Waals surface area contributed by atoms with Crippen LogP contribution in [0.15, 0.2) is 34.2 Å². The van der Waals surface area contributed by atoms with Crippen molar-refractivity contribution in [2.75, 3.05) is 0 Å². The number of aliphatic carboxylic acids is 1. The zero-order chi connectivity index (χ0) is 15.7. The molecule has 0 aliphatic rings. The molecule has 0 radical (unpaired) electrons. The van der Waals surface area contributed by atoms with E-state index in [1.807, 2.05) is 17.5 Å². The number of thiophene rings is 1. The quantitative estimate of drug-likeness (QED) is 0.715. The van der Waals surface area contributed by atoms with E-state index >= 15 is 0 Å². The lowest BCUT2D eigenvalue weighted by Crippen LogP contribution is -2.39. The number of fused-ring (bicyclic) bond motifs is 1. The van der Waals surface area contributed by atoms with Crippen molar-refractivity contribution in [2.24, 2.45) is 0 Å². The number of ether oxygens (including phenoxy) is 1. The van der Waals surface area contributed by atoms with Crippen LogP contribution in [0.4, 0.5) is 0 Å². The second-order valence-corrected chi connectivity index (χ2v) is 5.92. The minimum atomic E-state index is -1.28. The first-order chi connectivity index (χ1) is 10.6. The Morgan fingerprint density at radius 3 is 2.95 bits per heavy atom. The number of carboxylic acid groups (broad SMARTS) is 1. The van der Waals surface area contributed by atoms with Gasteiger partial charge in [0.1, 0.15) is 22.6 Å². The van der Waals surface area contributed by atoms with Crippen LogP contribution in [0.2, 0.25) is 5.02 Å². The molecule has 1 aromatic carbocycles. The first-order valence-electron chi connectivity index (χ1n) is 6.61. The molecular weight excluding hydrogens is 326 g/mol. The highest BCUT2D eigenvalue weighted by atomic mass is 35.5. The Hall–Kier alpha value is -2.05. The molecule has 0 aliphatic heterocycles. The number of hydrogen-bond donors (Lipinski definition) is 0. The minimum Gasteiger partial charge on any atom is -0.546 e. The van der Waals surface area contributed by atoms with Crippen molar-refractivity contribution in [3.05, 3.63) is 34.7 Å². The number of halogens is 1. The van der Waals surface area contributed by atoms with E-state index in [4.69, 9.17) is 20.9 Å². The molecule has 0 amide bonds. The normalized spacial score (nSPS) is 12.5. The third-order valence-corrected chi connectivity index (χ3v) is 4.44. The Morgan fingerprint density at radius 2 is 2.32 bits per heavy atom. The molecule has 3 aromatic rings. The van der Waals surface area contributed by atoms with Crippen molar-refractivity contribution < 1.29 is 19.2 Å². The minimum absolute atomic E-state index is 0.201. The van der Waals surface area contributed by atoms with Gasteiger partial charge in [0.15, 0.2) is 5.58 Å². The Labute approximate surface area is 135 Å². The molecule has 0 N–H and O–H groups in total. The van der Waals surface area contributed by atoms with Gasteiger partial charge in [-0.3, -0.25) is 0 Å². The fourth-order valence-electron chi connectivity index (χ4n) is 2.09. The zero-order valence-electron chi connectivity index (χ0n) is 11.5. The summed E-state index contributed by atoms with van der Waals surface area (Å²) in [7, 11) is 0. The molecule has 0 saturated carbocycles. The summed E-state index contributed by atoms with van der Waals surface area (Å²) in [5.74, 6) is -1.05. The van der Waals surface area contributed by atoms with Crippen LogP contribution < -0.4 is 9.84 Å². The van der Waals surface area contributed by atoms with Crippen molar-refractivity contribution in [1.82, 2.24) is 5.16 Å². The van der Waals surface area contributed by atoms with Gasteiger partial charge >= 0.3 is 0 Å². The maximum Gasteiger partial charge on any atom is 0.189 e. The summed E-state index contributed by atoms with van der Waals surface area (Å²) in [6.45, 7) is 1.69. The lowest BCUT2D eigenvalue weighted by atomic mass is 10.2. The van der Waals surface area contributed by atoms with Crippen LogP contribution in [0.25, 0.3) is 21.5 Å². The second kappa shape index (κ2) is 5.98. The molecule has 0 saturated heterocycles. The Kier molecular flexibility index (Phi) is 4.04. The lowest BCUT2D eigenvalue weighted by Gasteiger charge is -2.18. The number of carboxylic acids is 1. The van der Waals surface area contributed by atoms with Crippen LogP contribution in [0, 0.1) is 0 Å². The molecule has 2 heterocycles. The molecule has 2 aromatic heterocycles. The summed E-state index contributed by atoms with van der Waals surface area (Å²) >= 11 is 7.79. The molecule has 0 bridgehead atoms. The third kappa shape index (κ3) is 2.55. The number of benzene rings is 1. The number of nitrogens with zero attached hydrogens (tertiary/aromatic N) is 1. The van der Waals surface area contributed by atoms with E-state index in [-0.39, 0.29) is 17.2 Å².